The van der Waals surface area contributed by atoms with Crippen LogP contribution in [0.3, 0.4) is 0 Å². The van der Waals surface area contributed by atoms with Crippen molar-refractivity contribution in [2.24, 2.45) is 0 Å². The average Bonchev–Trinajstić information content (AvgIpc) is 2.98. The standard InChI is InChI=1S/C38H56N2/c1-3-5-7-9-11-13-15-17-23-33-25-19-21-27-37(33)39-35-29-31-36(32-30-35)40-38-28-22-20-26-34(38)24-18-16-14-12-10-8-6-4-2/h19-22,25-32,39-40H,3-18,23-24H2,1-2H3. The molecule has 0 bridgehead atoms. The number of unbranched alkanes of at least 4 members (excludes halogenated alkanes) is 14. The van der Waals surface area contributed by atoms with Gasteiger partial charge in [0.25, 0.3) is 0 Å². The van der Waals surface area contributed by atoms with E-state index < -0.39 is 0 Å². The molecule has 0 heterocycles. The molecule has 0 fully saturated rings. The third-order valence-electron chi connectivity index (χ3n) is 8.08. The van der Waals surface area contributed by atoms with Crippen LogP contribution in [0.25, 0.3) is 0 Å². The van der Waals surface area contributed by atoms with Crippen LogP contribution in [0.4, 0.5) is 22.7 Å². The van der Waals surface area contributed by atoms with Gasteiger partial charge in [-0.3, -0.25) is 0 Å². The maximum absolute atomic E-state index is 3.68. The van der Waals surface area contributed by atoms with E-state index in [1.165, 1.54) is 125 Å². The second-order valence-electron chi connectivity index (χ2n) is 11.6. The zero-order valence-electron chi connectivity index (χ0n) is 25.7. The van der Waals surface area contributed by atoms with E-state index in [4.69, 9.17) is 0 Å². The quantitative estimate of drug-likeness (QED) is 0.124. The van der Waals surface area contributed by atoms with Crippen molar-refractivity contribution < 1.29 is 0 Å². The number of hydrogen-bond donors (Lipinski definition) is 2. The molecule has 0 aliphatic heterocycles. The molecule has 0 amide bonds. The van der Waals surface area contributed by atoms with E-state index in [9.17, 15) is 0 Å². The summed E-state index contributed by atoms with van der Waals surface area (Å²) in [6.07, 6.45) is 24.1. The van der Waals surface area contributed by atoms with Crippen molar-refractivity contribution in [1.82, 2.24) is 0 Å². The van der Waals surface area contributed by atoms with Crippen LogP contribution in [0.1, 0.15) is 128 Å². The van der Waals surface area contributed by atoms with E-state index in [1.807, 2.05) is 0 Å². The Hall–Kier alpha value is -2.74. The van der Waals surface area contributed by atoms with E-state index >= 15 is 0 Å². The van der Waals surface area contributed by atoms with Crippen molar-refractivity contribution in [3.05, 3.63) is 83.9 Å². The van der Waals surface area contributed by atoms with Crippen LogP contribution >= 0.6 is 0 Å². The Morgan fingerprint density at radius 1 is 0.375 bits per heavy atom. The van der Waals surface area contributed by atoms with Gasteiger partial charge in [0.2, 0.25) is 0 Å². The number of benzene rings is 3. The Balaban J connectivity index is 1.44. The summed E-state index contributed by atoms with van der Waals surface area (Å²) in [5, 5.41) is 7.36. The largest absolute Gasteiger partial charge is 0.355 e. The smallest absolute Gasteiger partial charge is 0.0416 e. The first-order valence-electron chi connectivity index (χ1n) is 16.6. The molecule has 40 heavy (non-hydrogen) atoms. The highest BCUT2D eigenvalue weighted by molar-refractivity contribution is 5.68. The second kappa shape index (κ2) is 20.2. The Morgan fingerprint density at radius 2 is 0.700 bits per heavy atom. The van der Waals surface area contributed by atoms with Gasteiger partial charge in [0.05, 0.1) is 0 Å². The molecule has 3 aromatic rings. The number of anilines is 4. The molecule has 2 nitrogen and oxygen atoms in total. The summed E-state index contributed by atoms with van der Waals surface area (Å²) >= 11 is 0. The predicted octanol–water partition coefficient (Wildman–Crippen LogP) is 12.5. The van der Waals surface area contributed by atoms with Gasteiger partial charge in [-0.05, 0) is 73.2 Å². The van der Waals surface area contributed by atoms with Gasteiger partial charge < -0.3 is 10.6 Å². The van der Waals surface area contributed by atoms with Crippen LogP contribution < -0.4 is 10.6 Å². The maximum Gasteiger partial charge on any atom is 0.0416 e. The van der Waals surface area contributed by atoms with Gasteiger partial charge in [-0.15, -0.1) is 0 Å². The third-order valence-corrected chi connectivity index (χ3v) is 8.08. The average molecular weight is 541 g/mol. The normalized spacial score (nSPS) is 11.1. The summed E-state index contributed by atoms with van der Waals surface area (Å²) in [5.41, 5.74) is 7.60. The van der Waals surface area contributed by atoms with Gasteiger partial charge in [0.15, 0.2) is 0 Å². The molecule has 0 aromatic heterocycles. The summed E-state index contributed by atoms with van der Waals surface area (Å²) < 4.78 is 0. The molecule has 0 radical (unpaired) electrons. The fourth-order valence-electron chi connectivity index (χ4n) is 5.57. The summed E-state index contributed by atoms with van der Waals surface area (Å²) in [7, 11) is 0. The van der Waals surface area contributed by atoms with Gasteiger partial charge in [-0.1, -0.05) is 140 Å². The van der Waals surface area contributed by atoms with Crippen LogP contribution in [0.2, 0.25) is 0 Å². The lowest BCUT2D eigenvalue weighted by Crippen LogP contribution is -1.98. The van der Waals surface area contributed by atoms with E-state index in [2.05, 4.69) is 97.3 Å². The first kappa shape index (κ1) is 31.8. The molecule has 0 atom stereocenters. The molecule has 2 N–H and O–H groups in total. The molecule has 0 spiro atoms. The Bertz CT molecular complexity index is 955. The first-order chi connectivity index (χ1) is 19.8. The van der Waals surface area contributed by atoms with E-state index in [-0.39, 0.29) is 0 Å². The first-order valence-corrected chi connectivity index (χ1v) is 16.6. The molecular formula is C38H56N2. The Morgan fingerprint density at radius 3 is 1.07 bits per heavy atom. The summed E-state index contributed by atoms with van der Waals surface area (Å²) in [5.74, 6) is 0. The summed E-state index contributed by atoms with van der Waals surface area (Å²) in [6.45, 7) is 4.58. The highest BCUT2D eigenvalue weighted by Crippen LogP contribution is 2.27. The molecule has 2 heteroatoms. The van der Waals surface area contributed by atoms with Gasteiger partial charge in [-0.25, -0.2) is 0 Å². The second-order valence-corrected chi connectivity index (χ2v) is 11.6. The van der Waals surface area contributed by atoms with Gasteiger partial charge in [0, 0.05) is 22.7 Å². The number of aryl methyl sites for hydroxylation is 2. The van der Waals surface area contributed by atoms with E-state index in [1.54, 1.807) is 0 Å². The molecule has 0 aliphatic carbocycles. The van der Waals surface area contributed by atoms with Crippen LogP contribution in [-0.4, -0.2) is 0 Å². The molecule has 0 unspecified atom stereocenters. The van der Waals surface area contributed by atoms with Crippen LogP contribution in [-0.2, 0) is 12.8 Å². The molecule has 0 saturated heterocycles. The van der Waals surface area contributed by atoms with Gasteiger partial charge in [-0.2, -0.15) is 0 Å². The zero-order valence-corrected chi connectivity index (χ0v) is 25.7. The molecule has 3 rings (SSSR count). The molecular weight excluding hydrogens is 484 g/mol. The van der Waals surface area contributed by atoms with Crippen molar-refractivity contribution in [3.8, 4) is 0 Å². The monoisotopic (exact) mass is 540 g/mol. The topological polar surface area (TPSA) is 24.1 Å². The highest BCUT2D eigenvalue weighted by atomic mass is 14.9. The van der Waals surface area contributed by atoms with Crippen molar-refractivity contribution in [1.29, 1.82) is 0 Å². The lowest BCUT2D eigenvalue weighted by Gasteiger charge is -2.14. The van der Waals surface area contributed by atoms with E-state index in [0.717, 1.165) is 24.2 Å². The summed E-state index contributed by atoms with van der Waals surface area (Å²) in [6, 6.07) is 26.4. The van der Waals surface area contributed by atoms with Gasteiger partial charge >= 0.3 is 0 Å². The third kappa shape index (κ3) is 12.6. The number of nitrogens with one attached hydrogen (secondary N) is 2. The number of hydrogen-bond acceptors (Lipinski definition) is 2. The molecule has 0 aliphatic rings. The number of rotatable bonds is 22. The minimum Gasteiger partial charge on any atom is -0.355 e. The van der Waals surface area contributed by atoms with Crippen molar-refractivity contribution in [2.75, 3.05) is 10.6 Å². The van der Waals surface area contributed by atoms with Crippen LogP contribution in [0.15, 0.2) is 72.8 Å². The molecule has 218 valence electrons. The predicted molar refractivity (Wildman–Crippen MR) is 179 cm³/mol. The highest BCUT2D eigenvalue weighted by Gasteiger charge is 2.05. The number of para-hydroxylation sites is 2. The fourth-order valence-corrected chi connectivity index (χ4v) is 5.57. The Kier molecular flexibility index (Phi) is 16.0. The van der Waals surface area contributed by atoms with E-state index in [0.29, 0.717) is 0 Å². The zero-order chi connectivity index (χ0) is 28.1. The minimum absolute atomic E-state index is 1.14. The van der Waals surface area contributed by atoms with Crippen LogP contribution in [0.5, 0.6) is 0 Å². The Labute approximate surface area is 246 Å². The van der Waals surface area contributed by atoms with Crippen molar-refractivity contribution in [3.63, 3.8) is 0 Å². The molecule has 3 aromatic carbocycles. The minimum atomic E-state index is 1.14. The lowest BCUT2D eigenvalue weighted by molar-refractivity contribution is 0.575. The summed E-state index contributed by atoms with van der Waals surface area (Å²) in [4.78, 5) is 0. The van der Waals surface area contributed by atoms with Crippen molar-refractivity contribution >= 4 is 22.7 Å². The van der Waals surface area contributed by atoms with Gasteiger partial charge in [0.1, 0.15) is 0 Å². The van der Waals surface area contributed by atoms with Crippen LogP contribution in [0, 0.1) is 0 Å². The SMILES string of the molecule is CCCCCCCCCCc1ccccc1Nc1ccc(Nc2ccccc2CCCCCCCCCC)cc1. The maximum atomic E-state index is 3.68. The fraction of sp³-hybridized carbons (Fsp3) is 0.526. The lowest BCUT2D eigenvalue weighted by atomic mass is 10.0. The molecule has 0 saturated carbocycles. The van der Waals surface area contributed by atoms with Crippen molar-refractivity contribution in [2.45, 2.75) is 129 Å².